The molecular formula is C21H15BO6. The van der Waals surface area contributed by atoms with Crippen LogP contribution in [0.3, 0.4) is 0 Å². The van der Waals surface area contributed by atoms with Crippen LogP contribution < -0.4 is 0 Å². The topological polar surface area (TPSA) is 78.9 Å². The molecule has 0 atom stereocenters. The van der Waals surface area contributed by atoms with Crippen LogP contribution in [0.2, 0.25) is 0 Å². The van der Waals surface area contributed by atoms with E-state index >= 15 is 0 Å². The highest BCUT2D eigenvalue weighted by atomic mass is 16.8. The predicted molar refractivity (Wildman–Crippen MR) is 103 cm³/mol. The van der Waals surface area contributed by atoms with Crippen molar-refractivity contribution in [3.63, 3.8) is 0 Å². The molecule has 138 valence electrons. The average Bonchev–Trinajstić information content (AvgIpc) is 3.35. The molecule has 0 radical (unpaired) electrons. The van der Waals surface area contributed by atoms with Gasteiger partial charge in [0.1, 0.15) is 0 Å². The van der Waals surface area contributed by atoms with E-state index < -0.39 is 25.2 Å². The molecule has 0 heterocycles. The summed E-state index contributed by atoms with van der Waals surface area (Å²) in [7, 11) is -1.90. The van der Waals surface area contributed by atoms with Crippen molar-refractivity contribution in [1.29, 1.82) is 0 Å². The zero-order valence-electron chi connectivity index (χ0n) is 14.8. The molecule has 3 rings (SSSR count). The Kier molecular flexibility index (Phi) is 5.26. The van der Waals surface area contributed by atoms with E-state index in [4.69, 9.17) is 14.0 Å². The maximum absolute atomic E-state index is 12.3. The minimum atomic E-state index is -1.90. The van der Waals surface area contributed by atoms with Crippen molar-refractivity contribution in [2.24, 2.45) is 0 Å². The molecule has 0 aromatic heterocycles. The molecule has 0 amide bonds. The highest BCUT2D eigenvalue weighted by molar-refractivity contribution is 6.46. The number of hydrogen-bond donors (Lipinski definition) is 0. The van der Waals surface area contributed by atoms with E-state index in [9.17, 15) is 14.4 Å². The molecule has 0 aromatic carbocycles. The highest BCUT2D eigenvalue weighted by Crippen LogP contribution is 2.22. The van der Waals surface area contributed by atoms with E-state index in [1.807, 2.05) is 0 Å². The summed E-state index contributed by atoms with van der Waals surface area (Å²) in [5.74, 6) is -2.55. The summed E-state index contributed by atoms with van der Waals surface area (Å²) < 4.78 is 15.3. The van der Waals surface area contributed by atoms with Crippen LogP contribution in [0.25, 0.3) is 0 Å². The summed E-state index contributed by atoms with van der Waals surface area (Å²) in [4.78, 5) is 37.0. The molecule has 28 heavy (non-hydrogen) atoms. The molecule has 0 saturated heterocycles. The van der Waals surface area contributed by atoms with Crippen molar-refractivity contribution in [1.82, 2.24) is 0 Å². The van der Waals surface area contributed by atoms with Gasteiger partial charge in [-0.1, -0.05) is 56.2 Å². The molecule has 0 unspecified atom stereocenters. The maximum Gasteiger partial charge on any atom is 0.870 e. The normalized spacial score (nSPS) is 16.7. The summed E-state index contributed by atoms with van der Waals surface area (Å²) in [5.41, 5.74) is 1.76. The van der Waals surface area contributed by atoms with Crippen LogP contribution in [0, 0.1) is 0 Å². The van der Waals surface area contributed by atoms with Crippen LogP contribution in [0.15, 0.2) is 108 Å². The van der Waals surface area contributed by atoms with Crippen molar-refractivity contribution in [3.8, 4) is 0 Å². The van der Waals surface area contributed by atoms with Gasteiger partial charge in [-0.15, -0.1) is 0 Å². The van der Waals surface area contributed by atoms with Gasteiger partial charge in [0.15, 0.2) is 0 Å². The first-order valence-corrected chi connectivity index (χ1v) is 8.22. The second-order valence-electron chi connectivity index (χ2n) is 5.90. The highest BCUT2D eigenvalue weighted by Gasteiger charge is 2.39. The smallest absolute Gasteiger partial charge is 0.458 e. The van der Waals surface area contributed by atoms with Crippen molar-refractivity contribution in [2.45, 2.75) is 0 Å². The molecule has 3 aliphatic rings. The first-order chi connectivity index (χ1) is 13.4. The molecule has 6 nitrogen and oxygen atoms in total. The average molecular weight is 374 g/mol. The van der Waals surface area contributed by atoms with Crippen LogP contribution in [0.4, 0.5) is 0 Å². The third kappa shape index (κ3) is 3.93. The van der Waals surface area contributed by atoms with E-state index in [0.717, 1.165) is 0 Å². The Morgan fingerprint density at radius 3 is 1.11 bits per heavy atom. The summed E-state index contributed by atoms with van der Waals surface area (Å²) >= 11 is 0. The van der Waals surface area contributed by atoms with Crippen molar-refractivity contribution in [2.75, 3.05) is 0 Å². The second-order valence-corrected chi connectivity index (χ2v) is 5.90. The third-order valence-electron chi connectivity index (χ3n) is 3.99. The van der Waals surface area contributed by atoms with Crippen LogP contribution in [-0.2, 0) is 28.3 Å². The van der Waals surface area contributed by atoms with Gasteiger partial charge in [-0.25, -0.2) is 14.4 Å². The van der Waals surface area contributed by atoms with Gasteiger partial charge < -0.3 is 14.0 Å². The number of allylic oxidation sites excluding steroid dienone is 9. The lowest BCUT2D eigenvalue weighted by molar-refractivity contribution is -0.142. The van der Waals surface area contributed by atoms with Gasteiger partial charge in [-0.05, 0) is 34.9 Å². The molecule has 0 saturated carbocycles. The molecule has 0 N–H and O–H groups in total. The number of carbonyl (C=O) groups is 3. The van der Waals surface area contributed by atoms with Gasteiger partial charge in [-0.3, -0.25) is 0 Å². The Morgan fingerprint density at radius 2 is 0.893 bits per heavy atom. The first-order valence-electron chi connectivity index (χ1n) is 8.22. The largest absolute Gasteiger partial charge is 0.870 e. The van der Waals surface area contributed by atoms with Crippen LogP contribution in [-0.4, -0.2) is 25.2 Å². The van der Waals surface area contributed by atoms with Gasteiger partial charge in [0.2, 0.25) is 0 Å². The van der Waals surface area contributed by atoms with E-state index in [2.05, 4.69) is 19.7 Å². The first kappa shape index (κ1) is 18.9. The van der Waals surface area contributed by atoms with Gasteiger partial charge in [0.25, 0.3) is 0 Å². The third-order valence-corrected chi connectivity index (χ3v) is 3.99. The lowest BCUT2D eigenvalue weighted by atomic mass is 10.1. The Morgan fingerprint density at radius 1 is 0.607 bits per heavy atom. The summed E-state index contributed by atoms with van der Waals surface area (Å²) in [6.07, 6.45) is 14.1. The summed E-state index contributed by atoms with van der Waals surface area (Å²) in [6, 6.07) is 0. The predicted octanol–water partition coefficient (Wildman–Crippen LogP) is 2.76. The van der Waals surface area contributed by atoms with E-state index in [-0.39, 0.29) is 16.7 Å². The zero-order chi connectivity index (χ0) is 20.3. The molecule has 7 heteroatoms. The van der Waals surface area contributed by atoms with Gasteiger partial charge in [-0.2, -0.15) is 0 Å². The van der Waals surface area contributed by atoms with E-state index in [0.29, 0.717) is 16.7 Å². The molecule has 0 spiro atoms. The van der Waals surface area contributed by atoms with Gasteiger partial charge in [0, 0.05) is 0 Å². The van der Waals surface area contributed by atoms with Crippen molar-refractivity contribution >= 4 is 25.2 Å². The fraction of sp³-hybridized carbons (Fsp3) is 0. The lowest BCUT2D eigenvalue weighted by Crippen LogP contribution is -2.36. The van der Waals surface area contributed by atoms with Gasteiger partial charge in [0.05, 0.1) is 16.7 Å². The fourth-order valence-electron chi connectivity index (χ4n) is 2.49. The van der Waals surface area contributed by atoms with E-state index in [1.54, 1.807) is 36.5 Å². The van der Waals surface area contributed by atoms with Crippen LogP contribution in [0.5, 0.6) is 0 Å². The molecule has 0 bridgehead atoms. The van der Waals surface area contributed by atoms with Crippen molar-refractivity contribution < 1.29 is 28.3 Å². The number of carbonyl (C=O) groups excluding carboxylic acids is 3. The minimum Gasteiger partial charge on any atom is -0.458 e. The lowest BCUT2D eigenvalue weighted by Gasteiger charge is -2.15. The second kappa shape index (κ2) is 7.79. The number of hydrogen-bond acceptors (Lipinski definition) is 6. The SMILES string of the molecule is C=C1C=CC=C1C(=O)OB(OC(=O)C1=CC=CC1=C)OC(=O)C1=CC=CC1=C. The molecular weight excluding hydrogens is 359 g/mol. The monoisotopic (exact) mass is 374 g/mol. The van der Waals surface area contributed by atoms with Gasteiger partial charge >= 0.3 is 25.2 Å². The minimum absolute atomic E-state index is 0.161. The molecule has 0 aromatic rings. The Hall–Kier alpha value is -3.87. The Balaban J connectivity index is 1.73. The quantitative estimate of drug-likeness (QED) is 0.666. The summed E-state index contributed by atoms with van der Waals surface area (Å²) in [6.45, 7) is 11.1. The van der Waals surface area contributed by atoms with Crippen LogP contribution in [0.1, 0.15) is 0 Å². The molecule has 0 aliphatic heterocycles. The van der Waals surface area contributed by atoms with E-state index in [1.165, 1.54) is 18.2 Å². The Labute approximate surface area is 162 Å². The van der Waals surface area contributed by atoms with Crippen molar-refractivity contribution in [3.05, 3.63) is 108 Å². The maximum atomic E-state index is 12.3. The Bertz CT molecular complexity index is 872. The molecule has 0 fully saturated rings. The number of rotatable bonds is 6. The standard InChI is InChI=1S/C21H15BO6/c1-13-7-4-10-16(13)19(23)26-22(27-20(24)17-11-5-8-14(17)2)28-21(25)18-12-6-9-15(18)3/h4-12H,1-3H2. The summed E-state index contributed by atoms with van der Waals surface area (Å²) in [5, 5.41) is 0. The fourth-order valence-corrected chi connectivity index (χ4v) is 2.49. The van der Waals surface area contributed by atoms with Crippen LogP contribution >= 0.6 is 0 Å². The zero-order valence-corrected chi connectivity index (χ0v) is 14.8. The molecule has 3 aliphatic carbocycles.